The molecule has 7 nitrogen and oxygen atoms in total. The van der Waals surface area contributed by atoms with Gasteiger partial charge in [-0.25, -0.2) is 12.8 Å². The summed E-state index contributed by atoms with van der Waals surface area (Å²) < 4.78 is 41.9. The van der Waals surface area contributed by atoms with Gasteiger partial charge in [-0.1, -0.05) is 55.0 Å². The first-order chi connectivity index (χ1) is 18.0. The van der Waals surface area contributed by atoms with Crippen molar-refractivity contribution >= 4 is 27.5 Å². The Morgan fingerprint density at radius 3 is 2.18 bits per heavy atom. The average Bonchev–Trinajstić information content (AvgIpc) is 2.87. The quantitative estimate of drug-likeness (QED) is 0.384. The fourth-order valence-corrected chi connectivity index (χ4v) is 5.58. The smallest absolute Gasteiger partial charge is 0.264 e. The number of amides is 2. The summed E-state index contributed by atoms with van der Waals surface area (Å²) in [6.45, 7) is 7.01. The van der Waals surface area contributed by atoms with Crippen LogP contribution in [0.3, 0.4) is 0 Å². The first-order valence-electron chi connectivity index (χ1n) is 12.5. The number of nitrogens with one attached hydrogen (secondary N) is 1. The Morgan fingerprint density at radius 2 is 1.61 bits per heavy atom. The Bertz CT molecular complexity index is 1350. The highest BCUT2D eigenvalue weighted by Crippen LogP contribution is 2.25. The molecule has 0 aliphatic carbocycles. The molecule has 202 valence electrons. The van der Waals surface area contributed by atoms with E-state index in [1.54, 1.807) is 30.3 Å². The molecule has 38 heavy (non-hydrogen) atoms. The van der Waals surface area contributed by atoms with Gasteiger partial charge in [0.1, 0.15) is 18.4 Å². The number of rotatable bonds is 11. The first-order valence-corrected chi connectivity index (χ1v) is 14.0. The van der Waals surface area contributed by atoms with Crippen LogP contribution in [0.2, 0.25) is 0 Å². The van der Waals surface area contributed by atoms with Gasteiger partial charge in [-0.15, -0.1) is 0 Å². The van der Waals surface area contributed by atoms with Crippen LogP contribution >= 0.6 is 0 Å². The number of hydrogen-bond acceptors (Lipinski definition) is 4. The van der Waals surface area contributed by atoms with Crippen LogP contribution in [0.4, 0.5) is 10.1 Å². The van der Waals surface area contributed by atoms with Crippen molar-refractivity contribution in [2.24, 2.45) is 0 Å². The highest BCUT2D eigenvalue weighted by Gasteiger charge is 2.33. The highest BCUT2D eigenvalue weighted by molar-refractivity contribution is 7.92. The molecule has 9 heteroatoms. The van der Waals surface area contributed by atoms with Gasteiger partial charge >= 0.3 is 0 Å². The molecule has 3 aromatic carbocycles. The minimum atomic E-state index is -4.23. The number of aryl methyl sites for hydroxylation is 1. The predicted molar refractivity (Wildman–Crippen MR) is 146 cm³/mol. The second-order valence-electron chi connectivity index (χ2n) is 9.40. The van der Waals surface area contributed by atoms with Crippen molar-refractivity contribution in [1.82, 2.24) is 10.2 Å². The number of benzene rings is 3. The third kappa shape index (κ3) is 7.19. The van der Waals surface area contributed by atoms with Gasteiger partial charge in [0.25, 0.3) is 10.0 Å². The van der Waals surface area contributed by atoms with Crippen LogP contribution < -0.4 is 9.62 Å². The highest BCUT2D eigenvalue weighted by atomic mass is 32.2. The summed E-state index contributed by atoms with van der Waals surface area (Å²) in [5.41, 5.74) is 2.10. The summed E-state index contributed by atoms with van der Waals surface area (Å²) in [5.74, 6) is -1.42. The molecular formula is C29H34FN3O4S. The summed E-state index contributed by atoms with van der Waals surface area (Å²) in [6, 6.07) is 19.4. The molecule has 0 saturated heterocycles. The van der Waals surface area contributed by atoms with Crippen molar-refractivity contribution < 1.29 is 22.4 Å². The second kappa shape index (κ2) is 12.7. The lowest BCUT2D eigenvalue weighted by molar-refractivity contribution is -0.140. The van der Waals surface area contributed by atoms with Gasteiger partial charge in [0.2, 0.25) is 11.8 Å². The molecule has 0 aliphatic heterocycles. The number of sulfonamides is 1. The van der Waals surface area contributed by atoms with E-state index in [0.717, 1.165) is 27.6 Å². The Kier molecular flexibility index (Phi) is 9.63. The van der Waals surface area contributed by atoms with Gasteiger partial charge in [-0.05, 0) is 69.2 Å². The fraction of sp³-hybridized carbons (Fsp3) is 0.310. The van der Waals surface area contributed by atoms with Crippen LogP contribution in [0.25, 0.3) is 0 Å². The SMILES string of the molecule is CCC(C(=O)NC(C)C)N(Cc1cccc(C)c1)C(=O)CN(c1ccccc1)S(=O)(=O)c1ccc(F)cc1. The molecule has 0 radical (unpaired) electrons. The molecule has 0 bridgehead atoms. The number of para-hydroxylation sites is 1. The maximum atomic E-state index is 13.9. The molecule has 0 fully saturated rings. The van der Waals surface area contributed by atoms with Crippen LogP contribution in [0.1, 0.15) is 38.3 Å². The van der Waals surface area contributed by atoms with Crippen molar-refractivity contribution in [3.05, 3.63) is 95.8 Å². The van der Waals surface area contributed by atoms with Gasteiger partial charge in [-0.2, -0.15) is 0 Å². The number of carbonyl (C=O) groups excluding carboxylic acids is 2. The van der Waals surface area contributed by atoms with Crippen LogP contribution in [0.15, 0.2) is 83.8 Å². The summed E-state index contributed by atoms with van der Waals surface area (Å²) in [7, 11) is -4.23. The molecule has 0 spiro atoms. The van der Waals surface area contributed by atoms with Gasteiger partial charge in [0.05, 0.1) is 10.6 Å². The largest absolute Gasteiger partial charge is 0.352 e. The van der Waals surface area contributed by atoms with E-state index in [1.807, 2.05) is 52.0 Å². The molecule has 1 atom stereocenters. The van der Waals surface area contributed by atoms with Crippen molar-refractivity contribution in [3.8, 4) is 0 Å². The molecular weight excluding hydrogens is 505 g/mol. The van der Waals surface area contributed by atoms with E-state index in [2.05, 4.69) is 5.32 Å². The number of carbonyl (C=O) groups is 2. The van der Waals surface area contributed by atoms with E-state index in [9.17, 15) is 22.4 Å². The molecule has 3 rings (SSSR count). The maximum absolute atomic E-state index is 13.9. The normalized spacial score (nSPS) is 12.2. The monoisotopic (exact) mass is 539 g/mol. The Balaban J connectivity index is 2.04. The molecule has 0 heterocycles. The van der Waals surface area contributed by atoms with E-state index >= 15 is 0 Å². The molecule has 1 unspecified atom stereocenters. The lowest BCUT2D eigenvalue weighted by Gasteiger charge is -2.33. The predicted octanol–water partition coefficient (Wildman–Crippen LogP) is 4.66. The van der Waals surface area contributed by atoms with Gasteiger partial charge in [-0.3, -0.25) is 13.9 Å². The average molecular weight is 540 g/mol. The van der Waals surface area contributed by atoms with E-state index < -0.39 is 34.3 Å². The van der Waals surface area contributed by atoms with E-state index in [1.165, 1.54) is 17.0 Å². The number of anilines is 1. The van der Waals surface area contributed by atoms with Crippen LogP contribution in [0.5, 0.6) is 0 Å². The van der Waals surface area contributed by atoms with Crippen molar-refractivity contribution in [3.63, 3.8) is 0 Å². The van der Waals surface area contributed by atoms with E-state index in [-0.39, 0.29) is 29.1 Å². The molecule has 0 aromatic heterocycles. The lowest BCUT2D eigenvalue weighted by Crippen LogP contribution is -2.53. The minimum Gasteiger partial charge on any atom is -0.352 e. The van der Waals surface area contributed by atoms with Crippen LogP contribution in [-0.4, -0.2) is 43.8 Å². The number of halogens is 1. The Labute approximate surface area is 224 Å². The van der Waals surface area contributed by atoms with E-state index in [0.29, 0.717) is 6.42 Å². The third-order valence-electron chi connectivity index (χ3n) is 5.98. The summed E-state index contributed by atoms with van der Waals surface area (Å²) >= 11 is 0. The zero-order chi connectivity index (χ0) is 27.9. The molecule has 0 aliphatic rings. The standard InChI is InChI=1S/C29H34FN3O4S/c1-5-27(29(35)31-21(2)3)32(19-23-11-9-10-22(4)18-23)28(34)20-33(25-12-7-6-8-13-25)38(36,37)26-16-14-24(30)15-17-26/h6-18,21,27H,5,19-20H2,1-4H3,(H,31,35). The first kappa shape index (κ1) is 28.8. The van der Waals surface area contributed by atoms with Crippen molar-refractivity contribution in [1.29, 1.82) is 0 Å². The molecule has 0 saturated carbocycles. The van der Waals surface area contributed by atoms with Gasteiger partial charge < -0.3 is 10.2 Å². The van der Waals surface area contributed by atoms with E-state index in [4.69, 9.17) is 0 Å². The summed E-state index contributed by atoms with van der Waals surface area (Å²) in [5, 5.41) is 2.87. The van der Waals surface area contributed by atoms with Gasteiger partial charge in [0.15, 0.2) is 0 Å². The zero-order valence-electron chi connectivity index (χ0n) is 22.1. The van der Waals surface area contributed by atoms with Crippen molar-refractivity contribution in [2.45, 2.75) is 57.6 Å². The second-order valence-corrected chi connectivity index (χ2v) is 11.3. The van der Waals surface area contributed by atoms with Crippen LogP contribution in [-0.2, 0) is 26.2 Å². The minimum absolute atomic E-state index is 0.129. The molecule has 3 aromatic rings. The summed E-state index contributed by atoms with van der Waals surface area (Å²) in [6.07, 6.45) is 0.339. The number of hydrogen-bond donors (Lipinski definition) is 1. The van der Waals surface area contributed by atoms with Gasteiger partial charge in [0, 0.05) is 12.6 Å². The Morgan fingerprint density at radius 1 is 0.947 bits per heavy atom. The van der Waals surface area contributed by atoms with Crippen LogP contribution in [0, 0.1) is 12.7 Å². The molecule has 2 amide bonds. The number of nitrogens with zero attached hydrogens (tertiary/aromatic N) is 2. The maximum Gasteiger partial charge on any atom is 0.264 e. The topological polar surface area (TPSA) is 86.8 Å². The van der Waals surface area contributed by atoms with Crippen molar-refractivity contribution in [2.75, 3.05) is 10.8 Å². The fourth-order valence-electron chi connectivity index (χ4n) is 4.16. The Hall–Kier alpha value is -3.72. The summed E-state index contributed by atoms with van der Waals surface area (Å²) in [4.78, 5) is 28.3. The molecule has 1 N–H and O–H groups in total. The third-order valence-corrected chi connectivity index (χ3v) is 7.77. The lowest BCUT2D eigenvalue weighted by atomic mass is 10.1. The zero-order valence-corrected chi connectivity index (χ0v) is 22.9.